The standard InChI is InChI=1S/C37H31FN2O2/c38-30-20-18-28(19-21-30)25-40-26-35(33-16-7-8-17-36(33)40)34(23-37(41)39-24-27-10-3-1-4-11-27)29-12-9-15-32(22-29)42-31-13-5-2-6-14-31/h1-22,26,34H,23-25H2,(H,39,41)/t34-/m0/s1. The van der Waals surface area contributed by atoms with E-state index < -0.39 is 0 Å². The zero-order valence-corrected chi connectivity index (χ0v) is 23.1. The summed E-state index contributed by atoms with van der Waals surface area (Å²) in [7, 11) is 0. The second-order valence-electron chi connectivity index (χ2n) is 10.4. The number of fused-ring (bicyclic) bond motifs is 1. The van der Waals surface area contributed by atoms with E-state index in [1.807, 2.05) is 103 Å². The van der Waals surface area contributed by atoms with Crippen molar-refractivity contribution in [1.29, 1.82) is 0 Å². The lowest BCUT2D eigenvalue weighted by Gasteiger charge is -2.18. The van der Waals surface area contributed by atoms with E-state index in [1.165, 1.54) is 12.1 Å². The van der Waals surface area contributed by atoms with Crippen LogP contribution >= 0.6 is 0 Å². The van der Waals surface area contributed by atoms with Crippen molar-refractivity contribution in [3.05, 3.63) is 168 Å². The van der Waals surface area contributed by atoms with Gasteiger partial charge < -0.3 is 14.6 Å². The van der Waals surface area contributed by atoms with E-state index >= 15 is 0 Å². The summed E-state index contributed by atoms with van der Waals surface area (Å²) in [6.07, 6.45) is 2.40. The molecule has 6 rings (SSSR count). The van der Waals surface area contributed by atoms with Gasteiger partial charge in [-0.3, -0.25) is 4.79 Å². The fraction of sp³-hybridized carbons (Fsp3) is 0.108. The molecule has 6 aromatic rings. The Morgan fingerprint density at radius 1 is 0.738 bits per heavy atom. The van der Waals surface area contributed by atoms with Crippen molar-refractivity contribution < 1.29 is 13.9 Å². The van der Waals surface area contributed by atoms with Crippen molar-refractivity contribution in [3.8, 4) is 11.5 Å². The first-order valence-corrected chi connectivity index (χ1v) is 14.1. The van der Waals surface area contributed by atoms with Crippen molar-refractivity contribution in [2.75, 3.05) is 0 Å². The maximum atomic E-state index is 13.6. The van der Waals surface area contributed by atoms with Crippen LogP contribution in [0.1, 0.15) is 34.6 Å². The third kappa shape index (κ3) is 6.42. The molecule has 1 heterocycles. The monoisotopic (exact) mass is 554 g/mol. The topological polar surface area (TPSA) is 43.3 Å². The van der Waals surface area contributed by atoms with E-state index in [1.54, 1.807) is 0 Å². The van der Waals surface area contributed by atoms with Gasteiger partial charge >= 0.3 is 0 Å². The molecular formula is C37H31FN2O2. The van der Waals surface area contributed by atoms with Crippen LogP contribution in [-0.2, 0) is 17.9 Å². The van der Waals surface area contributed by atoms with Crippen molar-refractivity contribution >= 4 is 16.8 Å². The van der Waals surface area contributed by atoms with Gasteiger partial charge in [0.25, 0.3) is 0 Å². The number of carbonyl (C=O) groups is 1. The number of aromatic nitrogens is 1. The van der Waals surface area contributed by atoms with Crippen LogP contribution in [0.4, 0.5) is 4.39 Å². The van der Waals surface area contributed by atoms with Gasteiger partial charge in [-0.2, -0.15) is 0 Å². The molecule has 0 saturated heterocycles. The first kappa shape index (κ1) is 27.0. The Bertz CT molecular complexity index is 1780. The third-order valence-corrected chi connectivity index (χ3v) is 7.42. The third-order valence-electron chi connectivity index (χ3n) is 7.42. The summed E-state index contributed by atoms with van der Waals surface area (Å²) in [6, 6.07) is 42.4. The van der Waals surface area contributed by atoms with E-state index in [4.69, 9.17) is 4.74 Å². The largest absolute Gasteiger partial charge is 0.457 e. The maximum absolute atomic E-state index is 13.6. The number of hydrogen-bond donors (Lipinski definition) is 1. The van der Waals surface area contributed by atoms with Crippen molar-refractivity contribution in [3.63, 3.8) is 0 Å². The molecule has 1 aromatic heterocycles. The Balaban J connectivity index is 1.36. The van der Waals surface area contributed by atoms with Gasteiger partial charge in [0, 0.05) is 42.5 Å². The minimum absolute atomic E-state index is 0.0337. The molecule has 1 amide bonds. The molecule has 0 aliphatic rings. The summed E-state index contributed by atoms with van der Waals surface area (Å²) in [5.41, 5.74) is 5.15. The molecule has 0 bridgehead atoms. The van der Waals surface area contributed by atoms with E-state index in [0.717, 1.165) is 38.9 Å². The Morgan fingerprint density at radius 3 is 2.21 bits per heavy atom. The van der Waals surface area contributed by atoms with Gasteiger partial charge in [0.2, 0.25) is 5.91 Å². The summed E-state index contributed by atoms with van der Waals surface area (Å²) < 4.78 is 21.9. The molecule has 0 aliphatic carbocycles. The van der Waals surface area contributed by atoms with Crippen LogP contribution in [0.25, 0.3) is 10.9 Å². The van der Waals surface area contributed by atoms with E-state index in [2.05, 4.69) is 34.3 Å². The second-order valence-corrected chi connectivity index (χ2v) is 10.4. The average molecular weight is 555 g/mol. The van der Waals surface area contributed by atoms with E-state index in [9.17, 15) is 9.18 Å². The van der Waals surface area contributed by atoms with Gasteiger partial charge in [-0.15, -0.1) is 0 Å². The van der Waals surface area contributed by atoms with Crippen molar-refractivity contribution in [2.45, 2.75) is 25.4 Å². The fourth-order valence-corrected chi connectivity index (χ4v) is 5.35. The van der Waals surface area contributed by atoms with E-state index in [-0.39, 0.29) is 24.1 Å². The predicted molar refractivity (Wildman–Crippen MR) is 165 cm³/mol. The smallest absolute Gasteiger partial charge is 0.221 e. The summed E-state index contributed by atoms with van der Waals surface area (Å²) in [4.78, 5) is 13.4. The molecular weight excluding hydrogens is 523 g/mol. The van der Waals surface area contributed by atoms with Gasteiger partial charge in [-0.05, 0) is 64.7 Å². The number of hydrogen-bond acceptors (Lipinski definition) is 2. The molecule has 4 nitrogen and oxygen atoms in total. The molecule has 0 saturated carbocycles. The highest BCUT2D eigenvalue weighted by atomic mass is 19.1. The lowest BCUT2D eigenvalue weighted by atomic mass is 9.88. The number of amides is 1. The Hall–Kier alpha value is -5.16. The van der Waals surface area contributed by atoms with Crippen LogP contribution in [0.15, 0.2) is 140 Å². The number of nitrogens with zero attached hydrogens (tertiary/aromatic N) is 1. The predicted octanol–water partition coefficient (Wildman–Crippen LogP) is 8.46. The van der Waals surface area contributed by atoms with Gasteiger partial charge in [-0.25, -0.2) is 4.39 Å². The van der Waals surface area contributed by atoms with Crippen molar-refractivity contribution in [2.24, 2.45) is 0 Å². The Kier molecular flexibility index (Phi) is 8.09. The lowest BCUT2D eigenvalue weighted by Crippen LogP contribution is -2.25. The van der Waals surface area contributed by atoms with Gasteiger partial charge in [-0.1, -0.05) is 91.0 Å². The highest BCUT2D eigenvalue weighted by Crippen LogP contribution is 2.37. The molecule has 0 radical (unpaired) electrons. The van der Waals surface area contributed by atoms with Crippen molar-refractivity contribution in [1.82, 2.24) is 9.88 Å². The zero-order chi connectivity index (χ0) is 28.7. The maximum Gasteiger partial charge on any atom is 0.221 e. The molecule has 208 valence electrons. The lowest BCUT2D eigenvalue weighted by molar-refractivity contribution is -0.121. The van der Waals surface area contributed by atoms with Gasteiger partial charge in [0.05, 0.1) is 0 Å². The van der Waals surface area contributed by atoms with E-state index in [0.29, 0.717) is 18.8 Å². The molecule has 5 heteroatoms. The summed E-state index contributed by atoms with van der Waals surface area (Å²) in [6.45, 7) is 1.06. The molecule has 0 spiro atoms. The minimum atomic E-state index is -0.254. The number of halogens is 1. The van der Waals surface area contributed by atoms with Gasteiger partial charge in [0.1, 0.15) is 17.3 Å². The summed E-state index contributed by atoms with van der Waals surface area (Å²) in [5.74, 6) is 0.954. The number of benzene rings is 5. The average Bonchev–Trinajstić information content (AvgIpc) is 3.39. The molecule has 1 N–H and O–H groups in total. The van der Waals surface area contributed by atoms with Crippen LogP contribution in [0.5, 0.6) is 11.5 Å². The first-order valence-electron chi connectivity index (χ1n) is 14.1. The molecule has 42 heavy (non-hydrogen) atoms. The van der Waals surface area contributed by atoms with Crippen LogP contribution < -0.4 is 10.1 Å². The minimum Gasteiger partial charge on any atom is -0.457 e. The first-order chi connectivity index (χ1) is 20.6. The number of para-hydroxylation sites is 2. The molecule has 0 fully saturated rings. The quantitative estimate of drug-likeness (QED) is 0.185. The normalized spacial score (nSPS) is 11.7. The number of ether oxygens (including phenoxy) is 1. The second kappa shape index (κ2) is 12.6. The van der Waals surface area contributed by atoms with Gasteiger partial charge in [0.15, 0.2) is 0 Å². The number of carbonyl (C=O) groups excluding carboxylic acids is 1. The highest BCUT2D eigenvalue weighted by Gasteiger charge is 2.23. The number of nitrogens with one attached hydrogen (secondary N) is 1. The highest BCUT2D eigenvalue weighted by molar-refractivity contribution is 5.87. The Morgan fingerprint density at radius 2 is 1.43 bits per heavy atom. The van der Waals surface area contributed by atoms with Crippen LogP contribution in [0.2, 0.25) is 0 Å². The molecule has 0 aliphatic heterocycles. The fourth-order valence-electron chi connectivity index (χ4n) is 5.35. The SMILES string of the molecule is O=C(C[C@@H](c1cccc(Oc2ccccc2)c1)c1cn(Cc2ccc(F)cc2)c2ccccc12)NCc1ccccc1. The molecule has 5 aromatic carbocycles. The molecule has 1 atom stereocenters. The van der Waals surface area contributed by atoms with Crippen LogP contribution in [-0.4, -0.2) is 10.5 Å². The Labute approximate surface area is 245 Å². The zero-order valence-electron chi connectivity index (χ0n) is 23.1. The number of rotatable bonds is 10. The van der Waals surface area contributed by atoms with Crippen LogP contribution in [0, 0.1) is 5.82 Å². The molecule has 0 unspecified atom stereocenters. The van der Waals surface area contributed by atoms with Crippen LogP contribution in [0.3, 0.4) is 0 Å². The summed E-state index contributed by atoms with van der Waals surface area (Å²) in [5, 5.41) is 4.19. The summed E-state index contributed by atoms with van der Waals surface area (Å²) >= 11 is 0.